The van der Waals surface area contributed by atoms with Crippen LogP contribution in [0.1, 0.15) is 12.5 Å². The van der Waals surface area contributed by atoms with Gasteiger partial charge in [-0.15, -0.1) is 0 Å². The smallest absolute Gasteiger partial charge is 0.191 e. The number of nitrogens with one attached hydrogen (secondary N) is 2. The first-order valence-electron chi connectivity index (χ1n) is 7.03. The van der Waals surface area contributed by atoms with E-state index in [1.807, 2.05) is 12.1 Å². The molecule has 0 saturated carbocycles. The fourth-order valence-corrected chi connectivity index (χ4v) is 1.72. The van der Waals surface area contributed by atoms with Gasteiger partial charge in [0.1, 0.15) is 5.82 Å². The summed E-state index contributed by atoms with van der Waals surface area (Å²) in [6.45, 7) is 5.79. The summed E-state index contributed by atoms with van der Waals surface area (Å²) in [5, 5.41) is 6.52. The van der Waals surface area contributed by atoms with Gasteiger partial charge in [0.2, 0.25) is 0 Å². The first-order valence-corrected chi connectivity index (χ1v) is 7.03. The van der Waals surface area contributed by atoms with Crippen molar-refractivity contribution < 1.29 is 4.39 Å². The van der Waals surface area contributed by atoms with E-state index in [4.69, 9.17) is 0 Å². The summed E-state index contributed by atoms with van der Waals surface area (Å²) in [5.74, 6) is 0.607. The molecular formula is C15H25FN4. The van der Waals surface area contributed by atoms with Crippen LogP contribution < -0.4 is 10.6 Å². The predicted molar refractivity (Wildman–Crippen MR) is 82.6 cm³/mol. The van der Waals surface area contributed by atoms with E-state index in [0.29, 0.717) is 0 Å². The number of halogens is 1. The molecule has 0 fully saturated rings. The minimum absolute atomic E-state index is 0.195. The van der Waals surface area contributed by atoms with Crippen molar-refractivity contribution in [1.82, 2.24) is 15.5 Å². The number of hydrogen-bond donors (Lipinski definition) is 2. The second-order valence-electron chi connectivity index (χ2n) is 4.70. The first kappa shape index (κ1) is 16.4. The Kier molecular flexibility index (Phi) is 7.65. The topological polar surface area (TPSA) is 39.7 Å². The highest BCUT2D eigenvalue weighted by molar-refractivity contribution is 5.79. The number of guanidine groups is 1. The van der Waals surface area contributed by atoms with E-state index >= 15 is 0 Å². The van der Waals surface area contributed by atoms with Gasteiger partial charge in [-0.2, -0.15) is 0 Å². The summed E-state index contributed by atoms with van der Waals surface area (Å²) in [4.78, 5) is 6.41. The summed E-state index contributed by atoms with van der Waals surface area (Å²) >= 11 is 0. The molecule has 0 spiro atoms. The highest BCUT2D eigenvalue weighted by atomic mass is 19.1. The summed E-state index contributed by atoms with van der Waals surface area (Å²) < 4.78 is 12.8. The second kappa shape index (κ2) is 9.31. The zero-order valence-corrected chi connectivity index (χ0v) is 12.6. The molecule has 112 valence electrons. The molecule has 1 aromatic rings. The average molecular weight is 280 g/mol. The molecule has 0 radical (unpaired) electrons. The van der Waals surface area contributed by atoms with Crippen LogP contribution in [0.2, 0.25) is 0 Å². The lowest BCUT2D eigenvalue weighted by molar-refractivity contribution is 0.357. The van der Waals surface area contributed by atoms with Crippen LogP contribution in [0.25, 0.3) is 0 Å². The van der Waals surface area contributed by atoms with Gasteiger partial charge in [-0.05, 0) is 37.7 Å². The van der Waals surface area contributed by atoms with Gasteiger partial charge in [0.05, 0.1) is 0 Å². The van der Waals surface area contributed by atoms with Crippen LogP contribution in [0, 0.1) is 5.82 Å². The maximum absolute atomic E-state index is 12.8. The number of rotatable bonds is 7. The molecule has 0 aliphatic carbocycles. The Morgan fingerprint density at radius 1 is 1.20 bits per heavy atom. The number of benzene rings is 1. The number of nitrogens with zero attached hydrogens (tertiary/aromatic N) is 2. The van der Waals surface area contributed by atoms with Crippen molar-refractivity contribution in [2.45, 2.75) is 13.3 Å². The normalized spacial score (nSPS) is 11.8. The first-order chi connectivity index (χ1) is 9.65. The lowest BCUT2D eigenvalue weighted by Gasteiger charge is -2.16. The monoisotopic (exact) mass is 280 g/mol. The maximum Gasteiger partial charge on any atom is 0.191 e. The van der Waals surface area contributed by atoms with E-state index in [9.17, 15) is 4.39 Å². The molecule has 0 atom stereocenters. The summed E-state index contributed by atoms with van der Waals surface area (Å²) in [7, 11) is 3.85. The molecule has 0 unspecified atom stereocenters. The quantitative estimate of drug-likeness (QED) is 0.587. The van der Waals surface area contributed by atoms with Gasteiger partial charge in [-0.3, -0.25) is 4.99 Å². The molecule has 0 aliphatic rings. The fourth-order valence-electron chi connectivity index (χ4n) is 1.72. The van der Waals surface area contributed by atoms with E-state index in [2.05, 4.69) is 34.5 Å². The van der Waals surface area contributed by atoms with Crippen LogP contribution in [0.15, 0.2) is 29.3 Å². The van der Waals surface area contributed by atoms with Crippen molar-refractivity contribution in [2.75, 3.05) is 40.3 Å². The Labute approximate surface area is 121 Å². The molecule has 0 aromatic heterocycles. The number of aliphatic imine (C=N–C) groups is 1. The third-order valence-corrected chi connectivity index (χ3v) is 3.17. The molecular weight excluding hydrogens is 255 g/mol. The van der Waals surface area contributed by atoms with Crippen molar-refractivity contribution >= 4 is 5.96 Å². The van der Waals surface area contributed by atoms with Crippen LogP contribution >= 0.6 is 0 Å². The number of hydrogen-bond acceptors (Lipinski definition) is 2. The second-order valence-corrected chi connectivity index (χ2v) is 4.70. The maximum atomic E-state index is 12.8. The zero-order valence-electron chi connectivity index (χ0n) is 12.6. The Morgan fingerprint density at radius 2 is 1.85 bits per heavy atom. The molecule has 5 heteroatoms. The molecule has 1 rings (SSSR count). The van der Waals surface area contributed by atoms with Crippen molar-refractivity contribution in [1.29, 1.82) is 0 Å². The Morgan fingerprint density at radius 3 is 2.45 bits per heavy atom. The molecule has 20 heavy (non-hydrogen) atoms. The standard InChI is InChI=1S/C15H25FN4/c1-4-20(3)12-11-19-15(17-2)18-10-9-13-5-7-14(16)8-6-13/h5-8H,4,9-12H2,1-3H3,(H2,17,18,19). The minimum atomic E-state index is -0.195. The van der Waals surface area contributed by atoms with Crippen molar-refractivity contribution in [3.63, 3.8) is 0 Å². The minimum Gasteiger partial charge on any atom is -0.356 e. The average Bonchev–Trinajstić information content (AvgIpc) is 2.47. The van der Waals surface area contributed by atoms with Gasteiger partial charge in [0.25, 0.3) is 0 Å². The molecule has 0 amide bonds. The van der Waals surface area contributed by atoms with Crippen LogP contribution in [0.4, 0.5) is 4.39 Å². The lowest BCUT2D eigenvalue weighted by atomic mass is 10.1. The largest absolute Gasteiger partial charge is 0.356 e. The van der Waals surface area contributed by atoms with Crippen molar-refractivity contribution in [3.05, 3.63) is 35.6 Å². The van der Waals surface area contributed by atoms with E-state index in [-0.39, 0.29) is 5.82 Å². The van der Waals surface area contributed by atoms with E-state index in [1.165, 1.54) is 12.1 Å². The highest BCUT2D eigenvalue weighted by Gasteiger charge is 1.99. The Hall–Kier alpha value is -1.62. The van der Waals surface area contributed by atoms with Gasteiger partial charge >= 0.3 is 0 Å². The zero-order chi connectivity index (χ0) is 14.8. The highest BCUT2D eigenvalue weighted by Crippen LogP contribution is 2.02. The van der Waals surface area contributed by atoms with Gasteiger partial charge < -0.3 is 15.5 Å². The summed E-state index contributed by atoms with van der Waals surface area (Å²) in [6.07, 6.45) is 0.843. The summed E-state index contributed by atoms with van der Waals surface area (Å²) in [5.41, 5.74) is 1.11. The van der Waals surface area contributed by atoms with Crippen LogP contribution in [-0.4, -0.2) is 51.1 Å². The number of likely N-dealkylation sites (N-methyl/N-ethyl adjacent to an activating group) is 1. The third-order valence-electron chi connectivity index (χ3n) is 3.17. The molecule has 2 N–H and O–H groups in total. The third kappa shape index (κ3) is 6.52. The fraction of sp³-hybridized carbons (Fsp3) is 0.533. The SMILES string of the molecule is CCN(C)CCNC(=NC)NCCc1ccc(F)cc1. The van der Waals surface area contributed by atoms with Crippen LogP contribution in [0.3, 0.4) is 0 Å². The van der Waals surface area contributed by atoms with Crippen molar-refractivity contribution in [2.24, 2.45) is 4.99 Å². The predicted octanol–water partition coefficient (Wildman–Crippen LogP) is 1.48. The Balaban J connectivity index is 2.23. The van der Waals surface area contributed by atoms with Crippen molar-refractivity contribution in [3.8, 4) is 0 Å². The molecule has 0 saturated heterocycles. The Bertz CT molecular complexity index is 403. The van der Waals surface area contributed by atoms with Gasteiger partial charge in [0.15, 0.2) is 5.96 Å². The van der Waals surface area contributed by atoms with E-state index in [0.717, 1.165) is 44.1 Å². The van der Waals surface area contributed by atoms with Crippen LogP contribution in [0.5, 0.6) is 0 Å². The van der Waals surface area contributed by atoms with Gasteiger partial charge in [-0.25, -0.2) is 4.39 Å². The van der Waals surface area contributed by atoms with Gasteiger partial charge in [-0.1, -0.05) is 19.1 Å². The molecule has 0 heterocycles. The van der Waals surface area contributed by atoms with Crippen LogP contribution in [-0.2, 0) is 6.42 Å². The molecule has 1 aromatic carbocycles. The molecule has 0 aliphatic heterocycles. The lowest BCUT2D eigenvalue weighted by Crippen LogP contribution is -2.41. The van der Waals surface area contributed by atoms with E-state index in [1.54, 1.807) is 7.05 Å². The molecule has 4 nitrogen and oxygen atoms in total. The van der Waals surface area contributed by atoms with Gasteiger partial charge in [0, 0.05) is 26.7 Å². The summed E-state index contributed by atoms with van der Waals surface area (Å²) in [6, 6.07) is 6.60. The van der Waals surface area contributed by atoms with E-state index < -0.39 is 0 Å². The molecule has 0 bridgehead atoms.